The molecule has 2 rings (SSSR count). The minimum absolute atomic E-state index is 0.132. The lowest BCUT2D eigenvalue weighted by Gasteiger charge is -2.14. The Kier molecular flexibility index (Phi) is 4.43. The van der Waals surface area contributed by atoms with Crippen LogP contribution in [0.25, 0.3) is 0 Å². The molecule has 4 nitrogen and oxygen atoms in total. The molecule has 1 N–H and O–H groups in total. The third kappa shape index (κ3) is 3.85. The number of β-amino-alcohol motifs (C(OH)–C–C–N with tert-alkyl or cyclic N) is 1. The fourth-order valence-corrected chi connectivity index (χ4v) is 2.75. The summed E-state index contributed by atoms with van der Waals surface area (Å²) in [5.41, 5.74) is 1.10. The molecule has 0 aliphatic carbocycles. The van der Waals surface area contributed by atoms with Crippen molar-refractivity contribution >= 4 is 5.78 Å². The molecule has 1 fully saturated rings. The minimum atomic E-state index is -4.31. The Morgan fingerprint density at radius 1 is 1.43 bits per heavy atom. The molecule has 0 radical (unpaired) electrons. The van der Waals surface area contributed by atoms with Crippen LogP contribution in [0.15, 0.2) is 6.07 Å². The number of aryl methyl sites for hydroxylation is 1. The SMILES string of the molecule is Cc1cc(C(=O)CN2CC[C@H](O)C2)c(C)n1CC(F)(F)F. The van der Waals surface area contributed by atoms with E-state index in [0.29, 0.717) is 36.5 Å². The van der Waals surface area contributed by atoms with E-state index in [1.807, 2.05) is 4.90 Å². The normalized spacial score (nSPS) is 20.2. The summed E-state index contributed by atoms with van der Waals surface area (Å²) in [6, 6.07) is 1.51. The number of aliphatic hydroxyl groups excluding tert-OH is 1. The highest BCUT2D eigenvalue weighted by Gasteiger charge is 2.31. The molecule has 0 spiro atoms. The highest BCUT2D eigenvalue weighted by molar-refractivity contribution is 5.99. The first-order valence-corrected chi connectivity index (χ1v) is 6.84. The Balaban J connectivity index is 2.13. The zero-order chi connectivity index (χ0) is 15.8. The molecule has 2 heterocycles. The number of Topliss-reactive ketones (excluding diaryl/α,β-unsaturated/α-hetero) is 1. The number of likely N-dealkylation sites (tertiary alicyclic amines) is 1. The summed E-state index contributed by atoms with van der Waals surface area (Å²) in [4.78, 5) is 14.1. The molecule has 0 saturated carbocycles. The van der Waals surface area contributed by atoms with Crippen molar-refractivity contribution in [2.75, 3.05) is 19.6 Å². The predicted molar refractivity (Wildman–Crippen MR) is 71.4 cm³/mol. The summed E-state index contributed by atoms with van der Waals surface area (Å²) in [5, 5.41) is 9.43. The van der Waals surface area contributed by atoms with E-state index in [2.05, 4.69) is 0 Å². The molecule has 1 aliphatic heterocycles. The van der Waals surface area contributed by atoms with Crippen LogP contribution in [0.2, 0.25) is 0 Å². The topological polar surface area (TPSA) is 45.5 Å². The van der Waals surface area contributed by atoms with E-state index in [1.54, 1.807) is 6.92 Å². The molecular formula is C14H19F3N2O2. The molecule has 118 valence electrons. The molecule has 7 heteroatoms. The smallest absolute Gasteiger partial charge is 0.392 e. The van der Waals surface area contributed by atoms with E-state index in [1.165, 1.54) is 13.0 Å². The van der Waals surface area contributed by atoms with Gasteiger partial charge in [0.2, 0.25) is 0 Å². The number of hydrogen-bond acceptors (Lipinski definition) is 3. The predicted octanol–water partition coefficient (Wildman–Crippen LogP) is 1.92. The lowest BCUT2D eigenvalue weighted by atomic mass is 10.1. The maximum Gasteiger partial charge on any atom is 0.406 e. The summed E-state index contributed by atoms with van der Waals surface area (Å²) in [6.45, 7) is 3.22. The van der Waals surface area contributed by atoms with Gasteiger partial charge in [0.25, 0.3) is 0 Å². The third-order valence-corrected chi connectivity index (χ3v) is 3.83. The molecule has 1 saturated heterocycles. The van der Waals surface area contributed by atoms with Crippen molar-refractivity contribution in [3.05, 3.63) is 23.0 Å². The first-order chi connectivity index (χ1) is 9.67. The monoisotopic (exact) mass is 304 g/mol. The second kappa shape index (κ2) is 5.81. The molecule has 0 unspecified atom stereocenters. The zero-order valence-electron chi connectivity index (χ0n) is 12.1. The van der Waals surface area contributed by atoms with Crippen LogP contribution < -0.4 is 0 Å². The quantitative estimate of drug-likeness (QED) is 0.864. The van der Waals surface area contributed by atoms with Gasteiger partial charge >= 0.3 is 6.18 Å². The van der Waals surface area contributed by atoms with Crippen molar-refractivity contribution in [1.29, 1.82) is 0 Å². The van der Waals surface area contributed by atoms with Crippen molar-refractivity contribution in [2.24, 2.45) is 0 Å². The van der Waals surface area contributed by atoms with Crippen LogP contribution in [0.1, 0.15) is 28.2 Å². The Labute approximate surface area is 121 Å². The number of hydrogen-bond donors (Lipinski definition) is 1. The number of halogens is 3. The van der Waals surface area contributed by atoms with E-state index >= 15 is 0 Å². The maximum atomic E-state index is 12.5. The lowest BCUT2D eigenvalue weighted by molar-refractivity contribution is -0.141. The largest absolute Gasteiger partial charge is 0.406 e. The van der Waals surface area contributed by atoms with Crippen LogP contribution in [-0.4, -0.2) is 52.3 Å². The van der Waals surface area contributed by atoms with Crippen LogP contribution in [0.3, 0.4) is 0 Å². The Bertz CT molecular complexity index is 537. The second-order valence-electron chi connectivity index (χ2n) is 5.59. The van der Waals surface area contributed by atoms with E-state index in [0.717, 1.165) is 4.57 Å². The third-order valence-electron chi connectivity index (χ3n) is 3.83. The van der Waals surface area contributed by atoms with Crippen LogP contribution in [0.4, 0.5) is 13.2 Å². The van der Waals surface area contributed by atoms with Crippen molar-refractivity contribution < 1.29 is 23.1 Å². The van der Waals surface area contributed by atoms with Crippen molar-refractivity contribution in [1.82, 2.24) is 9.47 Å². The summed E-state index contributed by atoms with van der Waals surface area (Å²) in [6.07, 6.45) is -4.11. The van der Waals surface area contributed by atoms with Gasteiger partial charge in [-0.05, 0) is 26.3 Å². The average molecular weight is 304 g/mol. The van der Waals surface area contributed by atoms with Gasteiger partial charge in [-0.25, -0.2) is 0 Å². The molecule has 1 aliphatic rings. The van der Waals surface area contributed by atoms with Gasteiger partial charge in [0.1, 0.15) is 6.54 Å². The molecule has 21 heavy (non-hydrogen) atoms. The van der Waals surface area contributed by atoms with Crippen LogP contribution in [-0.2, 0) is 6.54 Å². The Hall–Kier alpha value is -1.34. The fraction of sp³-hybridized carbons (Fsp3) is 0.643. The van der Waals surface area contributed by atoms with Gasteiger partial charge in [0, 0.05) is 30.0 Å². The van der Waals surface area contributed by atoms with E-state index < -0.39 is 18.8 Å². The first-order valence-electron chi connectivity index (χ1n) is 6.84. The molecular weight excluding hydrogens is 285 g/mol. The summed E-state index contributed by atoms with van der Waals surface area (Å²) < 4.78 is 38.7. The maximum absolute atomic E-state index is 12.5. The minimum Gasteiger partial charge on any atom is -0.392 e. The molecule has 1 aromatic heterocycles. The van der Waals surface area contributed by atoms with Crippen molar-refractivity contribution in [3.8, 4) is 0 Å². The molecule has 1 atom stereocenters. The number of rotatable bonds is 4. The van der Waals surface area contributed by atoms with Gasteiger partial charge in [0.15, 0.2) is 5.78 Å². The van der Waals surface area contributed by atoms with Crippen LogP contribution >= 0.6 is 0 Å². The van der Waals surface area contributed by atoms with Crippen molar-refractivity contribution in [3.63, 3.8) is 0 Å². The van der Waals surface area contributed by atoms with Gasteiger partial charge in [0.05, 0.1) is 12.6 Å². The highest BCUT2D eigenvalue weighted by atomic mass is 19.4. The molecule has 0 bridgehead atoms. The summed E-state index contributed by atoms with van der Waals surface area (Å²) >= 11 is 0. The Morgan fingerprint density at radius 3 is 2.62 bits per heavy atom. The standard InChI is InChI=1S/C14H19F3N2O2/c1-9-5-12(10(2)19(9)8-14(15,16)17)13(21)7-18-4-3-11(20)6-18/h5,11,20H,3-4,6-8H2,1-2H3/t11-/m0/s1. The summed E-state index contributed by atoms with van der Waals surface area (Å²) in [7, 11) is 0. The van der Waals surface area contributed by atoms with E-state index in [-0.39, 0.29) is 12.3 Å². The van der Waals surface area contributed by atoms with Crippen LogP contribution in [0, 0.1) is 13.8 Å². The van der Waals surface area contributed by atoms with Gasteiger partial charge in [-0.1, -0.05) is 0 Å². The second-order valence-corrected chi connectivity index (χ2v) is 5.59. The van der Waals surface area contributed by atoms with Crippen LogP contribution in [0.5, 0.6) is 0 Å². The highest BCUT2D eigenvalue weighted by Crippen LogP contribution is 2.23. The van der Waals surface area contributed by atoms with Crippen molar-refractivity contribution in [2.45, 2.75) is 39.1 Å². The number of alkyl halides is 3. The zero-order valence-corrected chi connectivity index (χ0v) is 12.1. The average Bonchev–Trinajstić information content (AvgIpc) is 2.86. The number of ketones is 1. The lowest BCUT2D eigenvalue weighted by Crippen LogP contribution is -2.29. The number of carbonyl (C=O) groups excluding carboxylic acids is 1. The molecule has 0 amide bonds. The van der Waals surface area contributed by atoms with Gasteiger partial charge in [-0.3, -0.25) is 9.69 Å². The summed E-state index contributed by atoms with van der Waals surface area (Å²) in [5.74, 6) is -0.203. The Morgan fingerprint density at radius 2 is 2.10 bits per heavy atom. The van der Waals surface area contributed by atoms with E-state index in [4.69, 9.17) is 0 Å². The number of aliphatic hydroxyl groups is 1. The molecule has 1 aromatic rings. The number of aromatic nitrogens is 1. The number of carbonyl (C=O) groups is 1. The first kappa shape index (κ1) is 16.0. The van der Waals surface area contributed by atoms with Gasteiger partial charge < -0.3 is 9.67 Å². The van der Waals surface area contributed by atoms with Gasteiger partial charge in [-0.2, -0.15) is 13.2 Å². The fourth-order valence-electron chi connectivity index (χ4n) is 2.75. The number of nitrogens with zero attached hydrogens (tertiary/aromatic N) is 2. The van der Waals surface area contributed by atoms with E-state index in [9.17, 15) is 23.1 Å². The molecule has 0 aromatic carbocycles. The van der Waals surface area contributed by atoms with Gasteiger partial charge in [-0.15, -0.1) is 0 Å².